The lowest BCUT2D eigenvalue weighted by Gasteiger charge is -2.53. The van der Waals surface area contributed by atoms with Crippen molar-refractivity contribution in [2.24, 2.45) is 5.92 Å². The maximum Gasteiger partial charge on any atom is 0.246 e. The van der Waals surface area contributed by atoms with Crippen LogP contribution in [0.15, 0.2) is 0 Å². The van der Waals surface area contributed by atoms with Gasteiger partial charge in [0.15, 0.2) is 0 Å². The highest BCUT2D eigenvalue weighted by Crippen LogP contribution is 2.35. The maximum atomic E-state index is 13.1. The molecule has 2 atom stereocenters. The highest BCUT2D eigenvalue weighted by molar-refractivity contribution is 5.97. The molecule has 2 heterocycles. The molecule has 2 amide bonds. The molecule has 0 aromatic heterocycles. The number of carbonyl (C=O) groups is 2. The maximum absolute atomic E-state index is 13.1. The molecule has 0 N–H and O–H groups in total. The molecule has 0 aromatic carbocycles. The van der Waals surface area contributed by atoms with E-state index in [0.717, 1.165) is 38.6 Å². The van der Waals surface area contributed by atoms with Gasteiger partial charge in [0.2, 0.25) is 11.8 Å². The van der Waals surface area contributed by atoms with Crippen molar-refractivity contribution in [2.45, 2.75) is 84.3 Å². The molecule has 2 fully saturated rings. The number of hydrogen-bond donors (Lipinski definition) is 0. The molecule has 0 saturated carbocycles. The molecular formula is C17H30N2O2. The lowest BCUT2D eigenvalue weighted by atomic mass is 9.84. The highest BCUT2D eigenvalue weighted by Gasteiger charge is 2.51. The third kappa shape index (κ3) is 2.82. The summed E-state index contributed by atoms with van der Waals surface area (Å²) in [7, 11) is 0. The Labute approximate surface area is 128 Å². The van der Waals surface area contributed by atoms with Gasteiger partial charge in [0.1, 0.15) is 12.1 Å². The topological polar surface area (TPSA) is 40.6 Å². The lowest BCUT2D eigenvalue weighted by Crippen LogP contribution is -2.71. The zero-order valence-electron chi connectivity index (χ0n) is 14.2. The second-order valence-electron chi connectivity index (χ2n) is 7.50. The Hall–Kier alpha value is -1.06. The molecule has 4 nitrogen and oxygen atoms in total. The van der Waals surface area contributed by atoms with E-state index < -0.39 is 0 Å². The fourth-order valence-corrected chi connectivity index (χ4v) is 4.02. The smallest absolute Gasteiger partial charge is 0.246 e. The summed E-state index contributed by atoms with van der Waals surface area (Å²) in [6.45, 7) is 11.2. The number of piperazine rings is 1. The van der Waals surface area contributed by atoms with Crippen LogP contribution in [0.3, 0.4) is 0 Å². The van der Waals surface area contributed by atoms with Crippen molar-refractivity contribution in [1.29, 1.82) is 0 Å². The Morgan fingerprint density at radius 2 is 1.86 bits per heavy atom. The summed E-state index contributed by atoms with van der Waals surface area (Å²) in [5.74, 6) is 0.491. The van der Waals surface area contributed by atoms with E-state index in [9.17, 15) is 9.59 Å². The monoisotopic (exact) mass is 294 g/mol. The molecule has 2 saturated heterocycles. The van der Waals surface area contributed by atoms with Crippen molar-refractivity contribution < 1.29 is 9.59 Å². The molecule has 0 spiro atoms. The van der Waals surface area contributed by atoms with Crippen molar-refractivity contribution >= 4 is 11.8 Å². The second-order valence-corrected chi connectivity index (χ2v) is 7.50. The van der Waals surface area contributed by atoms with Crippen LogP contribution < -0.4 is 0 Å². The molecule has 0 bridgehead atoms. The molecule has 2 aliphatic rings. The number of hydrogen-bond acceptors (Lipinski definition) is 2. The van der Waals surface area contributed by atoms with Crippen molar-refractivity contribution in [3.05, 3.63) is 0 Å². The van der Waals surface area contributed by atoms with Gasteiger partial charge in [0.05, 0.1) is 0 Å². The van der Waals surface area contributed by atoms with E-state index in [1.54, 1.807) is 0 Å². The Morgan fingerprint density at radius 3 is 2.43 bits per heavy atom. The van der Waals surface area contributed by atoms with Gasteiger partial charge >= 0.3 is 0 Å². The summed E-state index contributed by atoms with van der Waals surface area (Å²) in [6.07, 6.45) is 4.85. The number of nitrogens with zero attached hydrogens (tertiary/aromatic N) is 2. The summed E-state index contributed by atoms with van der Waals surface area (Å²) >= 11 is 0. The number of carbonyl (C=O) groups excluding carboxylic acids is 2. The van der Waals surface area contributed by atoms with Gasteiger partial charge in [-0.2, -0.15) is 0 Å². The molecule has 4 heteroatoms. The van der Waals surface area contributed by atoms with E-state index in [0.29, 0.717) is 0 Å². The van der Waals surface area contributed by atoms with E-state index in [1.807, 2.05) is 9.80 Å². The van der Waals surface area contributed by atoms with E-state index in [-0.39, 0.29) is 35.4 Å². The molecule has 120 valence electrons. The largest absolute Gasteiger partial charge is 0.329 e. The minimum atomic E-state index is -0.298. The second kappa shape index (κ2) is 5.98. The van der Waals surface area contributed by atoms with Gasteiger partial charge in [-0.25, -0.2) is 0 Å². The standard InChI is InChI=1S/C17H30N2O2/c1-6-10-17(4,5)19-14(12(2)3)16(21)18-11-8-7-9-13(18)15(19)20/h12-14H,6-11H2,1-5H3. The molecule has 2 rings (SSSR count). The van der Waals surface area contributed by atoms with E-state index in [2.05, 4.69) is 34.6 Å². The first kappa shape index (κ1) is 16.3. The minimum Gasteiger partial charge on any atom is -0.329 e. The Bertz CT molecular complexity index is 417. The van der Waals surface area contributed by atoms with Gasteiger partial charge in [0.25, 0.3) is 0 Å². The third-order valence-electron chi connectivity index (χ3n) is 4.98. The van der Waals surface area contributed by atoms with Crippen LogP contribution in [0.1, 0.15) is 66.7 Å². The van der Waals surface area contributed by atoms with Crippen LogP contribution in [-0.2, 0) is 9.59 Å². The van der Waals surface area contributed by atoms with Crippen molar-refractivity contribution in [3.63, 3.8) is 0 Å². The van der Waals surface area contributed by atoms with Gasteiger partial charge in [-0.3, -0.25) is 9.59 Å². The summed E-state index contributed by atoms with van der Waals surface area (Å²) in [6, 6.07) is -0.509. The summed E-state index contributed by atoms with van der Waals surface area (Å²) in [5, 5.41) is 0. The number of amides is 2. The Balaban J connectivity index is 2.39. The summed E-state index contributed by atoms with van der Waals surface area (Å²) in [4.78, 5) is 29.8. The first-order valence-corrected chi connectivity index (χ1v) is 8.45. The zero-order valence-corrected chi connectivity index (χ0v) is 14.2. The summed E-state index contributed by atoms with van der Waals surface area (Å²) in [5.41, 5.74) is -0.250. The molecule has 2 unspecified atom stereocenters. The van der Waals surface area contributed by atoms with Gasteiger partial charge in [-0.05, 0) is 45.4 Å². The molecular weight excluding hydrogens is 264 g/mol. The number of piperidine rings is 1. The average molecular weight is 294 g/mol. The van der Waals surface area contributed by atoms with Crippen LogP contribution in [0.4, 0.5) is 0 Å². The van der Waals surface area contributed by atoms with Gasteiger partial charge < -0.3 is 9.80 Å². The van der Waals surface area contributed by atoms with Crippen LogP contribution in [0.2, 0.25) is 0 Å². The van der Waals surface area contributed by atoms with E-state index in [1.165, 1.54) is 0 Å². The van der Waals surface area contributed by atoms with Gasteiger partial charge in [-0.1, -0.05) is 27.2 Å². The highest BCUT2D eigenvalue weighted by atomic mass is 16.2. The van der Waals surface area contributed by atoms with Crippen LogP contribution in [0.25, 0.3) is 0 Å². The zero-order chi connectivity index (χ0) is 15.8. The molecule has 0 aliphatic carbocycles. The van der Waals surface area contributed by atoms with Crippen molar-refractivity contribution in [1.82, 2.24) is 9.80 Å². The minimum absolute atomic E-state index is 0.153. The predicted octanol–water partition coefficient (Wildman–Crippen LogP) is 2.81. The van der Waals surface area contributed by atoms with Crippen molar-refractivity contribution in [3.8, 4) is 0 Å². The molecule has 2 aliphatic heterocycles. The fourth-order valence-electron chi connectivity index (χ4n) is 4.02. The van der Waals surface area contributed by atoms with Crippen LogP contribution in [0, 0.1) is 5.92 Å². The van der Waals surface area contributed by atoms with Gasteiger partial charge in [-0.15, -0.1) is 0 Å². The number of fused-ring (bicyclic) bond motifs is 1. The average Bonchev–Trinajstić information content (AvgIpc) is 2.41. The molecule has 21 heavy (non-hydrogen) atoms. The number of rotatable bonds is 4. The van der Waals surface area contributed by atoms with E-state index in [4.69, 9.17) is 0 Å². The SMILES string of the molecule is CCCC(C)(C)N1C(=O)C2CCCCN2C(=O)C1C(C)C. The fraction of sp³-hybridized carbons (Fsp3) is 0.882. The normalized spacial score (nSPS) is 27.3. The van der Waals surface area contributed by atoms with Crippen LogP contribution in [0.5, 0.6) is 0 Å². The first-order chi connectivity index (χ1) is 9.81. The predicted molar refractivity (Wildman–Crippen MR) is 83.8 cm³/mol. The van der Waals surface area contributed by atoms with E-state index >= 15 is 0 Å². The first-order valence-electron chi connectivity index (χ1n) is 8.45. The third-order valence-corrected chi connectivity index (χ3v) is 4.98. The molecule has 0 aromatic rings. The van der Waals surface area contributed by atoms with Crippen LogP contribution >= 0.6 is 0 Å². The molecule has 0 radical (unpaired) electrons. The van der Waals surface area contributed by atoms with Gasteiger partial charge in [0, 0.05) is 12.1 Å². The van der Waals surface area contributed by atoms with Crippen LogP contribution in [-0.4, -0.2) is 45.8 Å². The van der Waals surface area contributed by atoms with Crippen molar-refractivity contribution in [2.75, 3.05) is 6.54 Å². The Morgan fingerprint density at radius 1 is 1.19 bits per heavy atom. The lowest BCUT2D eigenvalue weighted by molar-refractivity contribution is -0.173. The quantitative estimate of drug-likeness (QED) is 0.800. The Kier molecular flexibility index (Phi) is 4.64. The summed E-state index contributed by atoms with van der Waals surface area (Å²) < 4.78 is 0.